The van der Waals surface area contributed by atoms with E-state index in [0.29, 0.717) is 0 Å². The third-order valence-corrected chi connectivity index (χ3v) is 7.98. The van der Waals surface area contributed by atoms with Gasteiger partial charge in [-0.1, -0.05) is 5.11 Å². The van der Waals surface area contributed by atoms with Gasteiger partial charge in [-0.15, -0.1) is 0 Å². The zero-order valence-electron chi connectivity index (χ0n) is 15.4. The SMILES string of the molecule is [N-]=[N+]=N[C@H]1[C@H]2OC[C@]1(COP(=O)(O)OP(=O)(O)OP(=O)(O)O)O[C@H]2n1ccc(N)nc1=O. The quantitative estimate of drug-likeness (QED) is 0.119. The van der Waals surface area contributed by atoms with E-state index in [9.17, 15) is 28.3 Å². The monoisotopic (exact) mass is 520 g/mol. The number of ether oxygens (including phenoxy) is 2. The number of azide groups is 1. The first kappa shape index (κ1) is 25.0. The van der Waals surface area contributed by atoms with E-state index in [2.05, 4.69) is 28.2 Å². The van der Waals surface area contributed by atoms with Gasteiger partial charge in [0.15, 0.2) is 6.23 Å². The fraction of sp³-hybridized carbons (Fsp3) is 0.600. The molecule has 0 aromatic carbocycles. The Morgan fingerprint density at radius 3 is 2.59 bits per heavy atom. The van der Waals surface area contributed by atoms with Crippen molar-refractivity contribution in [2.24, 2.45) is 5.11 Å². The molecule has 32 heavy (non-hydrogen) atoms. The lowest BCUT2D eigenvalue weighted by molar-refractivity contribution is -0.183. The summed E-state index contributed by atoms with van der Waals surface area (Å²) >= 11 is 0. The van der Waals surface area contributed by atoms with Gasteiger partial charge >= 0.3 is 29.2 Å². The van der Waals surface area contributed by atoms with Crippen LogP contribution in [-0.4, -0.2) is 60.1 Å². The topological polar surface area (TPSA) is 288 Å². The summed E-state index contributed by atoms with van der Waals surface area (Å²) in [6.45, 7) is -1.30. The lowest BCUT2D eigenvalue weighted by Crippen LogP contribution is -2.44. The van der Waals surface area contributed by atoms with Crippen molar-refractivity contribution in [2.75, 3.05) is 18.9 Å². The highest BCUT2D eigenvalue weighted by atomic mass is 31.3. The number of nitrogens with two attached hydrogens (primary N) is 1. The predicted octanol–water partition coefficient (Wildman–Crippen LogP) is -0.486. The number of rotatable bonds is 9. The molecular weight excluding hydrogens is 505 g/mol. The normalized spacial score (nSPS) is 30.9. The van der Waals surface area contributed by atoms with E-state index in [-0.39, 0.29) is 12.4 Å². The zero-order valence-corrected chi connectivity index (χ0v) is 18.1. The Morgan fingerprint density at radius 2 is 2.00 bits per heavy atom. The molecule has 6 N–H and O–H groups in total. The number of phosphoric acid groups is 3. The Bertz CT molecular complexity index is 1150. The fourth-order valence-electron chi connectivity index (χ4n) is 3.08. The molecule has 3 heterocycles. The van der Waals surface area contributed by atoms with Crippen LogP contribution in [0.5, 0.6) is 0 Å². The molecular formula is C10H15N6O13P3. The zero-order chi connectivity index (χ0) is 23.9. The van der Waals surface area contributed by atoms with Crippen LogP contribution in [0.15, 0.2) is 22.2 Å². The number of nitrogens with zero attached hydrogens (tertiary/aromatic N) is 5. The number of fused-ring (bicyclic) bond motifs is 2. The van der Waals surface area contributed by atoms with Crippen molar-refractivity contribution in [1.29, 1.82) is 0 Å². The summed E-state index contributed by atoms with van der Waals surface area (Å²) in [6, 6.07) is 0.0761. The molecule has 1 aromatic heterocycles. The van der Waals surface area contributed by atoms with Crippen molar-refractivity contribution < 1.29 is 55.9 Å². The second kappa shape index (κ2) is 8.59. The highest BCUT2D eigenvalue weighted by molar-refractivity contribution is 7.66. The number of phosphoric ester groups is 1. The van der Waals surface area contributed by atoms with Gasteiger partial charge in [0.25, 0.3) is 0 Å². The highest BCUT2D eigenvalue weighted by Gasteiger charge is 2.63. The first-order valence-corrected chi connectivity index (χ1v) is 12.7. The van der Waals surface area contributed by atoms with E-state index in [0.717, 1.165) is 4.57 Å². The highest BCUT2D eigenvalue weighted by Crippen LogP contribution is 2.66. The molecule has 0 aliphatic carbocycles. The van der Waals surface area contributed by atoms with Crippen LogP contribution in [-0.2, 0) is 36.3 Å². The molecule has 6 atom stereocenters. The molecule has 2 aliphatic heterocycles. The second-order valence-corrected chi connectivity index (χ2v) is 10.8. The molecule has 178 valence electrons. The summed E-state index contributed by atoms with van der Waals surface area (Å²) in [5.74, 6) is -0.0794. The molecule has 2 bridgehead atoms. The lowest BCUT2D eigenvalue weighted by Gasteiger charge is -2.31. The van der Waals surface area contributed by atoms with Gasteiger partial charge in [0.1, 0.15) is 23.6 Å². The molecule has 2 saturated heterocycles. The molecule has 0 amide bonds. The summed E-state index contributed by atoms with van der Waals surface area (Å²) in [4.78, 5) is 54.3. The number of nitrogen functional groups attached to an aromatic ring is 1. The predicted molar refractivity (Wildman–Crippen MR) is 98.3 cm³/mol. The van der Waals surface area contributed by atoms with E-state index in [4.69, 9.17) is 30.5 Å². The van der Waals surface area contributed by atoms with Gasteiger partial charge in [0.05, 0.1) is 13.2 Å². The Hall–Kier alpha value is -1.68. The van der Waals surface area contributed by atoms with E-state index < -0.39 is 59.7 Å². The minimum Gasteiger partial charge on any atom is -0.383 e. The van der Waals surface area contributed by atoms with Crippen molar-refractivity contribution >= 4 is 29.3 Å². The standard InChI is InChI=1S/C10H15N6O13P3/c11-5-1-2-16(9(17)13-5)8-6-7(14-15-12)10(27-8,3-25-6)4-26-31(21,22)29-32(23,24)28-30(18,19)20/h1-2,6-8H,3-4H2,(H,21,22)(H,23,24)(H2,11,13,17)(H2,18,19,20)/t6-,7+,8-,10-/m1/s1. The van der Waals surface area contributed by atoms with Gasteiger partial charge < -0.3 is 34.8 Å². The molecule has 2 aliphatic rings. The average Bonchev–Trinajstić information content (AvgIpc) is 3.10. The first-order chi connectivity index (χ1) is 14.7. The van der Waals surface area contributed by atoms with Crippen LogP contribution in [0.3, 0.4) is 0 Å². The summed E-state index contributed by atoms with van der Waals surface area (Å²) in [6.07, 6.45) is -1.05. The molecule has 19 nitrogen and oxygen atoms in total. The number of hydrogen-bond acceptors (Lipinski definition) is 12. The van der Waals surface area contributed by atoms with E-state index in [1.165, 1.54) is 12.3 Å². The van der Waals surface area contributed by atoms with Gasteiger partial charge in [0, 0.05) is 11.1 Å². The van der Waals surface area contributed by atoms with Gasteiger partial charge in [-0.3, -0.25) is 9.09 Å². The molecule has 2 unspecified atom stereocenters. The number of hydrogen-bond donors (Lipinski definition) is 5. The van der Waals surface area contributed by atoms with Gasteiger partial charge in [-0.2, -0.15) is 13.6 Å². The molecule has 0 radical (unpaired) electrons. The Balaban J connectivity index is 1.81. The van der Waals surface area contributed by atoms with Crippen LogP contribution in [0.25, 0.3) is 10.4 Å². The maximum atomic E-state index is 12.1. The fourth-order valence-corrected chi connectivity index (χ4v) is 6.16. The van der Waals surface area contributed by atoms with Gasteiger partial charge in [-0.25, -0.2) is 18.5 Å². The van der Waals surface area contributed by atoms with Gasteiger partial charge in [-0.05, 0) is 11.6 Å². The number of aromatic nitrogens is 2. The van der Waals surface area contributed by atoms with Crippen LogP contribution >= 0.6 is 23.5 Å². The minimum atomic E-state index is -5.74. The van der Waals surface area contributed by atoms with Crippen molar-refractivity contribution in [1.82, 2.24) is 9.55 Å². The summed E-state index contributed by atoms with van der Waals surface area (Å²) in [5.41, 5.74) is 11.7. The Labute approximate surface area is 176 Å². The maximum Gasteiger partial charge on any atom is 0.490 e. The third-order valence-electron chi connectivity index (χ3n) is 4.20. The molecule has 0 spiro atoms. The lowest BCUT2D eigenvalue weighted by atomic mass is 9.98. The maximum absolute atomic E-state index is 12.1. The van der Waals surface area contributed by atoms with Gasteiger partial charge in [0.2, 0.25) is 0 Å². The van der Waals surface area contributed by atoms with Crippen molar-refractivity contribution in [3.05, 3.63) is 33.2 Å². The Morgan fingerprint density at radius 1 is 1.31 bits per heavy atom. The molecule has 3 rings (SSSR count). The second-order valence-electron chi connectivity index (χ2n) is 6.41. The summed E-state index contributed by atoms with van der Waals surface area (Å²) < 4.78 is 58.2. The largest absolute Gasteiger partial charge is 0.490 e. The summed E-state index contributed by atoms with van der Waals surface area (Å²) in [7, 11) is -16.8. The van der Waals surface area contributed by atoms with E-state index in [1.807, 2.05) is 0 Å². The van der Waals surface area contributed by atoms with Crippen molar-refractivity contribution in [3.63, 3.8) is 0 Å². The van der Waals surface area contributed by atoms with Crippen molar-refractivity contribution in [2.45, 2.75) is 24.0 Å². The Kier molecular flexibility index (Phi) is 6.70. The van der Waals surface area contributed by atoms with E-state index >= 15 is 0 Å². The first-order valence-electron chi connectivity index (χ1n) is 8.14. The molecule has 0 saturated carbocycles. The molecule has 2 fully saturated rings. The van der Waals surface area contributed by atoms with Crippen LogP contribution in [0.1, 0.15) is 6.23 Å². The van der Waals surface area contributed by atoms with E-state index in [1.54, 1.807) is 0 Å². The molecule has 22 heteroatoms. The summed E-state index contributed by atoms with van der Waals surface area (Å²) in [5, 5.41) is 3.51. The van der Waals surface area contributed by atoms with Crippen LogP contribution in [0, 0.1) is 0 Å². The molecule has 1 aromatic rings. The van der Waals surface area contributed by atoms with Crippen LogP contribution in [0.2, 0.25) is 0 Å². The smallest absolute Gasteiger partial charge is 0.383 e. The van der Waals surface area contributed by atoms with Crippen LogP contribution in [0.4, 0.5) is 5.82 Å². The average molecular weight is 520 g/mol. The minimum absolute atomic E-state index is 0.0794. The third kappa shape index (κ3) is 5.44. The van der Waals surface area contributed by atoms with Crippen LogP contribution < -0.4 is 11.4 Å². The number of anilines is 1. The van der Waals surface area contributed by atoms with Crippen molar-refractivity contribution in [3.8, 4) is 0 Å².